The number of amides is 3. The van der Waals surface area contributed by atoms with Gasteiger partial charge in [0, 0.05) is 18.8 Å². The highest BCUT2D eigenvalue weighted by Crippen LogP contribution is 2.45. The molecule has 1 unspecified atom stereocenters. The first-order chi connectivity index (χ1) is 14.1. The monoisotopic (exact) mass is 407 g/mol. The number of benzene rings is 1. The number of pyridine rings is 1. The molecule has 2 aromatic heterocycles. The van der Waals surface area contributed by atoms with E-state index in [1.807, 2.05) is 37.3 Å². The number of nitrogens with one attached hydrogen (secondary N) is 3. The summed E-state index contributed by atoms with van der Waals surface area (Å²) in [6, 6.07) is 9.44. The molecule has 5 rings (SSSR count). The van der Waals surface area contributed by atoms with Crippen molar-refractivity contribution in [3.63, 3.8) is 0 Å². The number of nitrogens with zero attached hydrogens (tertiary/aromatic N) is 2. The molecule has 1 aromatic carbocycles. The van der Waals surface area contributed by atoms with Gasteiger partial charge in [0.1, 0.15) is 9.71 Å². The second-order valence-electron chi connectivity index (χ2n) is 7.44. The van der Waals surface area contributed by atoms with Crippen LogP contribution in [0, 0.1) is 6.92 Å². The number of aromatic nitrogens is 1. The van der Waals surface area contributed by atoms with Gasteiger partial charge in [0.25, 0.3) is 5.91 Å². The van der Waals surface area contributed by atoms with Crippen molar-refractivity contribution in [2.24, 2.45) is 0 Å². The summed E-state index contributed by atoms with van der Waals surface area (Å²) >= 11 is 1.32. The SMILES string of the molecule is Cc1cccc(N2C(=O)Nc3c(C(=O)NC4CCCNC4)sc4nccc2c34)c1. The lowest BCUT2D eigenvalue weighted by Crippen LogP contribution is -2.45. The van der Waals surface area contributed by atoms with Crippen LogP contribution in [0.25, 0.3) is 10.2 Å². The lowest BCUT2D eigenvalue weighted by atomic mass is 10.1. The molecule has 8 heteroatoms. The summed E-state index contributed by atoms with van der Waals surface area (Å²) in [4.78, 5) is 33.3. The molecular formula is C21H21N5O2S. The standard InChI is InChI=1S/C21H21N5O2S/c1-12-4-2-6-14(10-12)26-15-7-9-23-20-16(15)17(25-21(26)28)18(29-20)19(27)24-13-5-3-8-22-11-13/h2,4,6-7,9-10,13,22H,3,5,8,11H2,1H3,(H,24,27)(H,25,28). The average molecular weight is 407 g/mol. The van der Waals surface area contributed by atoms with Gasteiger partial charge in [0.2, 0.25) is 0 Å². The first kappa shape index (κ1) is 18.1. The number of anilines is 3. The van der Waals surface area contributed by atoms with Gasteiger partial charge in [-0.3, -0.25) is 9.69 Å². The molecule has 0 saturated carbocycles. The van der Waals surface area contributed by atoms with Crippen molar-refractivity contribution in [2.75, 3.05) is 23.3 Å². The van der Waals surface area contributed by atoms with Crippen LogP contribution in [0.15, 0.2) is 36.5 Å². The molecular weight excluding hydrogens is 386 g/mol. The second kappa shape index (κ2) is 7.13. The van der Waals surface area contributed by atoms with Crippen LogP contribution in [-0.4, -0.2) is 36.1 Å². The molecule has 0 aliphatic carbocycles. The van der Waals surface area contributed by atoms with Crippen molar-refractivity contribution in [1.29, 1.82) is 0 Å². The van der Waals surface area contributed by atoms with E-state index in [-0.39, 0.29) is 18.0 Å². The van der Waals surface area contributed by atoms with Gasteiger partial charge in [0.05, 0.1) is 22.4 Å². The number of aryl methyl sites for hydroxylation is 1. The number of carbonyl (C=O) groups is 2. The highest BCUT2D eigenvalue weighted by atomic mass is 32.1. The molecule has 4 heterocycles. The number of hydrogen-bond donors (Lipinski definition) is 3. The fourth-order valence-corrected chi connectivity index (χ4v) is 5.02. The fourth-order valence-electron chi connectivity index (χ4n) is 3.99. The topological polar surface area (TPSA) is 86.4 Å². The normalized spacial score (nSPS) is 18.6. The Morgan fingerprint density at radius 3 is 3.03 bits per heavy atom. The summed E-state index contributed by atoms with van der Waals surface area (Å²) < 4.78 is 0. The molecule has 0 spiro atoms. The molecule has 3 aromatic rings. The number of hydrogen-bond acceptors (Lipinski definition) is 5. The van der Waals surface area contributed by atoms with E-state index >= 15 is 0 Å². The number of rotatable bonds is 3. The Morgan fingerprint density at radius 2 is 2.24 bits per heavy atom. The zero-order valence-corrected chi connectivity index (χ0v) is 16.8. The highest BCUT2D eigenvalue weighted by molar-refractivity contribution is 7.21. The van der Waals surface area contributed by atoms with E-state index in [0.29, 0.717) is 10.6 Å². The predicted octanol–water partition coefficient (Wildman–Crippen LogP) is 3.77. The van der Waals surface area contributed by atoms with Gasteiger partial charge in [-0.1, -0.05) is 12.1 Å². The quantitative estimate of drug-likeness (QED) is 0.617. The molecule has 1 saturated heterocycles. The van der Waals surface area contributed by atoms with Gasteiger partial charge in [-0.25, -0.2) is 9.78 Å². The van der Waals surface area contributed by atoms with Crippen LogP contribution in [-0.2, 0) is 0 Å². The number of piperidine rings is 1. The van der Waals surface area contributed by atoms with Crippen LogP contribution in [0.3, 0.4) is 0 Å². The minimum absolute atomic E-state index is 0.101. The molecule has 2 aliphatic heterocycles. The lowest BCUT2D eigenvalue weighted by Gasteiger charge is -2.29. The van der Waals surface area contributed by atoms with Crippen molar-refractivity contribution in [2.45, 2.75) is 25.8 Å². The third kappa shape index (κ3) is 3.14. The Balaban J connectivity index is 1.57. The van der Waals surface area contributed by atoms with Crippen molar-refractivity contribution < 1.29 is 9.59 Å². The van der Waals surface area contributed by atoms with Crippen molar-refractivity contribution in [3.8, 4) is 0 Å². The summed E-state index contributed by atoms with van der Waals surface area (Å²) in [6.07, 6.45) is 3.68. The molecule has 1 atom stereocenters. The average Bonchev–Trinajstić information content (AvgIpc) is 3.09. The highest BCUT2D eigenvalue weighted by Gasteiger charge is 2.33. The number of carbonyl (C=O) groups excluding carboxylic acids is 2. The summed E-state index contributed by atoms with van der Waals surface area (Å²) in [5, 5.41) is 10.1. The molecule has 29 heavy (non-hydrogen) atoms. The van der Waals surface area contributed by atoms with E-state index in [4.69, 9.17) is 0 Å². The lowest BCUT2D eigenvalue weighted by molar-refractivity contribution is 0.0935. The third-order valence-corrected chi connectivity index (χ3v) is 6.44. The van der Waals surface area contributed by atoms with Crippen LogP contribution in [0.4, 0.5) is 21.9 Å². The van der Waals surface area contributed by atoms with E-state index in [0.717, 1.165) is 53.1 Å². The first-order valence-corrected chi connectivity index (χ1v) is 10.5. The van der Waals surface area contributed by atoms with Gasteiger partial charge >= 0.3 is 6.03 Å². The first-order valence-electron chi connectivity index (χ1n) is 9.72. The summed E-state index contributed by atoms with van der Waals surface area (Å²) in [7, 11) is 0. The number of urea groups is 1. The molecule has 1 fully saturated rings. The van der Waals surface area contributed by atoms with Crippen LogP contribution in [0.5, 0.6) is 0 Å². The minimum Gasteiger partial charge on any atom is -0.347 e. The van der Waals surface area contributed by atoms with Gasteiger partial charge in [0.15, 0.2) is 0 Å². The van der Waals surface area contributed by atoms with Crippen molar-refractivity contribution in [1.82, 2.24) is 15.6 Å². The van der Waals surface area contributed by atoms with Crippen LogP contribution in [0.2, 0.25) is 0 Å². The summed E-state index contributed by atoms with van der Waals surface area (Å²) in [5.74, 6) is -0.160. The Hall–Kier alpha value is -2.97. The number of thiophene rings is 1. The zero-order chi connectivity index (χ0) is 20.0. The molecule has 3 N–H and O–H groups in total. The van der Waals surface area contributed by atoms with E-state index in [1.165, 1.54) is 11.3 Å². The Bertz CT molecular complexity index is 1120. The minimum atomic E-state index is -0.276. The summed E-state index contributed by atoms with van der Waals surface area (Å²) in [6.45, 7) is 3.74. The van der Waals surface area contributed by atoms with E-state index < -0.39 is 0 Å². The predicted molar refractivity (Wildman–Crippen MR) is 115 cm³/mol. The van der Waals surface area contributed by atoms with E-state index in [1.54, 1.807) is 11.1 Å². The van der Waals surface area contributed by atoms with Gasteiger partial charge < -0.3 is 16.0 Å². The largest absolute Gasteiger partial charge is 0.347 e. The Morgan fingerprint density at radius 1 is 1.34 bits per heavy atom. The summed E-state index contributed by atoms with van der Waals surface area (Å²) in [5.41, 5.74) is 3.15. The molecule has 3 amide bonds. The maximum atomic E-state index is 13.0. The van der Waals surface area contributed by atoms with Gasteiger partial charge in [-0.15, -0.1) is 11.3 Å². The van der Waals surface area contributed by atoms with Crippen LogP contribution >= 0.6 is 11.3 Å². The Kier molecular flexibility index (Phi) is 4.44. The van der Waals surface area contributed by atoms with Crippen molar-refractivity contribution >= 4 is 50.6 Å². The van der Waals surface area contributed by atoms with Crippen LogP contribution < -0.4 is 20.9 Å². The maximum absolute atomic E-state index is 13.0. The molecule has 0 radical (unpaired) electrons. The fraction of sp³-hybridized carbons (Fsp3) is 0.286. The second-order valence-corrected chi connectivity index (χ2v) is 8.44. The van der Waals surface area contributed by atoms with E-state index in [9.17, 15) is 9.59 Å². The Labute approximate surface area is 172 Å². The smallest absolute Gasteiger partial charge is 0.331 e. The third-order valence-electron chi connectivity index (χ3n) is 5.34. The van der Waals surface area contributed by atoms with Gasteiger partial charge in [-0.05, 0) is 50.1 Å². The molecule has 0 bridgehead atoms. The zero-order valence-electron chi connectivity index (χ0n) is 16.0. The van der Waals surface area contributed by atoms with Crippen LogP contribution in [0.1, 0.15) is 28.1 Å². The molecule has 2 aliphatic rings. The molecule has 148 valence electrons. The van der Waals surface area contributed by atoms with Gasteiger partial charge in [-0.2, -0.15) is 0 Å². The van der Waals surface area contributed by atoms with E-state index in [2.05, 4.69) is 20.9 Å². The van der Waals surface area contributed by atoms with Crippen molar-refractivity contribution in [3.05, 3.63) is 47.0 Å². The molecule has 7 nitrogen and oxygen atoms in total. The maximum Gasteiger partial charge on any atom is 0.331 e.